The number of fused-ring (bicyclic) bond motifs is 1. The number of hydrogen-bond donors (Lipinski definition) is 0. The summed E-state index contributed by atoms with van der Waals surface area (Å²) < 4.78 is 15.5. The first-order valence-corrected chi connectivity index (χ1v) is 12.9. The number of nitrogens with zero attached hydrogens (tertiary/aromatic N) is 2. The maximum absolute atomic E-state index is 14.0. The monoisotopic (exact) mass is 504 g/mol. The fraction of sp³-hybridized carbons (Fsp3) is 0.107. The van der Waals surface area contributed by atoms with Crippen LogP contribution < -0.4 is 5.56 Å². The SMILES string of the molecule is C=C/C=C(\C=C)n1c(SCC(=O)c2ccccc2F)nc2scc(-c3ccccc3)c2c1=O.CC. The van der Waals surface area contributed by atoms with Crippen LogP contribution in [0.15, 0.2) is 101 Å². The summed E-state index contributed by atoms with van der Waals surface area (Å²) in [6, 6.07) is 15.5. The third kappa shape index (κ3) is 5.58. The standard InChI is InChI=1S/C26H19FN2O2S2.C2H6/c1-3-10-18(4-2)29-25(31)23-20(17-11-6-5-7-12-17)15-32-24(23)28-26(29)33-16-22(30)19-13-8-9-14-21(19)27;1-2/h3-15H,1-2,16H2;1-2H3/b18-10+;. The summed E-state index contributed by atoms with van der Waals surface area (Å²) in [5, 5.41) is 2.72. The van der Waals surface area contributed by atoms with Crippen molar-refractivity contribution in [2.75, 3.05) is 5.75 Å². The first-order chi connectivity index (χ1) is 17.0. The molecule has 0 radical (unpaired) electrons. The Morgan fingerprint density at radius 3 is 2.46 bits per heavy atom. The van der Waals surface area contributed by atoms with E-state index in [1.54, 1.807) is 18.2 Å². The van der Waals surface area contributed by atoms with Crippen molar-refractivity contribution < 1.29 is 9.18 Å². The lowest BCUT2D eigenvalue weighted by atomic mass is 10.1. The summed E-state index contributed by atoms with van der Waals surface area (Å²) in [5.41, 5.74) is 1.93. The highest BCUT2D eigenvalue weighted by molar-refractivity contribution is 7.99. The molecule has 0 bridgehead atoms. The maximum Gasteiger partial charge on any atom is 0.268 e. The maximum atomic E-state index is 14.0. The van der Waals surface area contributed by atoms with Gasteiger partial charge in [0.1, 0.15) is 10.6 Å². The van der Waals surface area contributed by atoms with Crippen LogP contribution in [0.25, 0.3) is 27.0 Å². The predicted octanol–water partition coefficient (Wildman–Crippen LogP) is 7.48. The van der Waals surface area contributed by atoms with E-state index in [2.05, 4.69) is 13.2 Å². The first-order valence-electron chi connectivity index (χ1n) is 11.0. The Labute approximate surface area is 212 Å². The molecule has 0 unspecified atom stereocenters. The molecule has 0 saturated heterocycles. The molecule has 4 aromatic rings. The quantitative estimate of drug-likeness (QED) is 0.108. The van der Waals surface area contributed by atoms with Crippen LogP contribution in [-0.4, -0.2) is 21.1 Å². The van der Waals surface area contributed by atoms with Gasteiger partial charge in [0.2, 0.25) is 0 Å². The molecule has 4 rings (SSSR count). The Morgan fingerprint density at radius 2 is 1.80 bits per heavy atom. The van der Waals surface area contributed by atoms with E-state index in [9.17, 15) is 14.0 Å². The van der Waals surface area contributed by atoms with E-state index >= 15 is 0 Å². The van der Waals surface area contributed by atoms with Crippen LogP contribution in [0.2, 0.25) is 0 Å². The summed E-state index contributed by atoms with van der Waals surface area (Å²) in [6.45, 7) is 11.5. The molecule has 178 valence electrons. The van der Waals surface area contributed by atoms with Crippen molar-refractivity contribution in [3.63, 3.8) is 0 Å². The molecule has 0 aliphatic heterocycles. The lowest BCUT2D eigenvalue weighted by Gasteiger charge is -2.13. The normalized spacial score (nSPS) is 11.0. The van der Waals surface area contributed by atoms with Gasteiger partial charge in [0.15, 0.2) is 10.9 Å². The Morgan fingerprint density at radius 1 is 1.11 bits per heavy atom. The summed E-state index contributed by atoms with van der Waals surface area (Å²) in [4.78, 5) is 31.6. The number of Topliss-reactive ketones (excluding diaryl/α,β-unsaturated/α-hetero) is 1. The van der Waals surface area contributed by atoms with Crippen LogP contribution in [0.1, 0.15) is 24.2 Å². The molecule has 0 amide bonds. The van der Waals surface area contributed by atoms with E-state index < -0.39 is 5.82 Å². The van der Waals surface area contributed by atoms with Crippen LogP contribution >= 0.6 is 23.1 Å². The predicted molar refractivity (Wildman–Crippen MR) is 147 cm³/mol. The van der Waals surface area contributed by atoms with E-state index in [1.165, 1.54) is 40.2 Å². The van der Waals surface area contributed by atoms with Gasteiger partial charge in [-0.2, -0.15) is 0 Å². The van der Waals surface area contributed by atoms with Crippen molar-refractivity contribution in [1.82, 2.24) is 9.55 Å². The summed E-state index contributed by atoms with van der Waals surface area (Å²) in [5.74, 6) is -1.04. The number of halogens is 1. The van der Waals surface area contributed by atoms with Crippen molar-refractivity contribution in [3.05, 3.63) is 113 Å². The van der Waals surface area contributed by atoms with Crippen molar-refractivity contribution in [2.45, 2.75) is 19.0 Å². The molecule has 0 aliphatic rings. The minimum atomic E-state index is -0.576. The molecule has 0 saturated carbocycles. The van der Waals surface area contributed by atoms with Crippen LogP contribution in [0.5, 0.6) is 0 Å². The number of ketones is 1. The molecule has 2 heterocycles. The summed E-state index contributed by atoms with van der Waals surface area (Å²) in [7, 11) is 0. The molecule has 7 heteroatoms. The second kappa shape index (κ2) is 12.2. The number of aromatic nitrogens is 2. The van der Waals surface area contributed by atoms with Gasteiger partial charge in [0.25, 0.3) is 5.56 Å². The van der Waals surface area contributed by atoms with E-state index in [-0.39, 0.29) is 22.7 Å². The van der Waals surface area contributed by atoms with Crippen LogP contribution in [-0.2, 0) is 0 Å². The van der Waals surface area contributed by atoms with Crippen molar-refractivity contribution in [1.29, 1.82) is 0 Å². The molecule has 35 heavy (non-hydrogen) atoms. The van der Waals surface area contributed by atoms with Gasteiger partial charge in [-0.05, 0) is 29.8 Å². The highest BCUT2D eigenvalue weighted by atomic mass is 32.2. The minimum Gasteiger partial charge on any atom is -0.293 e. The van der Waals surface area contributed by atoms with Gasteiger partial charge < -0.3 is 0 Å². The number of rotatable bonds is 8. The average Bonchev–Trinajstić information content (AvgIpc) is 3.33. The fourth-order valence-corrected chi connectivity index (χ4v) is 5.26. The van der Waals surface area contributed by atoms with E-state index in [1.807, 2.05) is 49.6 Å². The lowest BCUT2D eigenvalue weighted by Crippen LogP contribution is -2.22. The summed E-state index contributed by atoms with van der Waals surface area (Å²) in [6.07, 6.45) is 4.74. The molecule has 0 fully saturated rings. The number of carbonyl (C=O) groups is 1. The Hall–Kier alpha value is -3.55. The number of thiophene rings is 1. The largest absolute Gasteiger partial charge is 0.293 e. The molecular weight excluding hydrogens is 479 g/mol. The van der Waals surface area contributed by atoms with Gasteiger partial charge in [-0.25, -0.2) is 9.37 Å². The third-order valence-electron chi connectivity index (χ3n) is 4.92. The number of hydrogen-bond acceptors (Lipinski definition) is 5. The van der Waals surface area contributed by atoms with Crippen molar-refractivity contribution >= 4 is 44.8 Å². The molecule has 2 aromatic carbocycles. The van der Waals surface area contributed by atoms with Gasteiger partial charge >= 0.3 is 0 Å². The summed E-state index contributed by atoms with van der Waals surface area (Å²) >= 11 is 2.45. The van der Waals surface area contributed by atoms with Crippen LogP contribution in [0.3, 0.4) is 0 Å². The van der Waals surface area contributed by atoms with E-state index in [0.717, 1.165) is 22.9 Å². The lowest BCUT2D eigenvalue weighted by molar-refractivity contribution is 0.101. The Balaban J connectivity index is 0.00000167. The first kappa shape index (κ1) is 26.1. The van der Waals surface area contributed by atoms with Gasteiger partial charge in [-0.1, -0.05) is 87.3 Å². The van der Waals surface area contributed by atoms with Crippen molar-refractivity contribution in [2.24, 2.45) is 0 Å². The number of carbonyl (C=O) groups excluding carboxylic acids is 1. The molecule has 0 atom stereocenters. The average molecular weight is 505 g/mol. The molecule has 4 nitrogen and oxygen atoms in total. The molecule has 2 aromatic heterocycles. The van der Waals surface area contributed by atoms with E-state index in [0.29, 0.717) is 21.1 Å². The van der Waals surface area contributed by atoms with Gasteiger partial charge in [-0.15, -0.1) is 11.3 Å². The van der Waals surface area contributed by atoms with Crippen molar-refractivity contribution in [3.8, 4) is 11.1 Å². The molecule has 0 spiro atoms. The van der Waals surface area contributed by atoms with Crippen LogP contribution in [0.4, 0.5) is 4.39 Å². The Kier molecular flexibility index (Phi) is 9.11. The number of thioether (sulfide) groups is 1. The zero-order valence-electron chi connectivity index (χ0n) is 19.5. The second-order valence-electron chi connectivity index (χ2n) is 6.95. The van der Waals surface area contributed by atoms with Crippen LogP contribution in [0, 0.1) is 5.82 Å². The molecule has 0 aliphatic carbocycles. The second-order valence-corrected chi connectivity index (χ2v) is 8.75. The van der Waals surface area contributed by atoms with Gasteiger partial charge in [0, 0.05) is 10.9 Å². The Bertz CT molecular complexity index is 1450. The minimum absolute atomic E-state index is 0.00744. The van der Waals surface area contributed by atoms with Gasteiger partial charge in [0.05, 0.1) is 22.4 Å². The highest BCUT2D eigenvalue weighted by Crippen LogP contribution is 2.33. The smallest absolute Gasteiger partial charge is 0.268 e. The van der Waals surface area contributed by atoms with Gasteiger partial charge in [-0.3, -0.25) is 14.2 Å². The van der Waals surface area contributed by atoms with E-state index in [4.69, 9.17) is 4.98 Å². The number of benzene rings is 2. The number of allylic oxidation sites excluding steroid dienone is 4. The highest BCUT2D eigenvalue weighted by Gasteiger charge is 2.20. The molecular formula is C28H25FN2O2S2. The zero-order valence-corrected chi connectivity index (χ0v) is 21.2. The topological polar surface area (TPSA) is 52.0 Å². The fourth-order valence-electron chi connectivity index (χ4n) is 3.38. The third-order valence-corrected chi connectivity index (χ3v) is 6.74. The zero-order chi connectivity index (χ0) is 25.4. The molecule has 0 N–H and O–H groups in total.